The van der Waals surface area contributed by atoms with Crippen molar-refractivity contribution in [3.05, 3.63) is 0 Å². The fourth-order valence-corrected chi connectivity index (χ4v) is 2.44. The lowest BCUT2D eigenvalue weighted by molar-refractivity contribution is 0.273. The molecule has 0 spiro atoms. The summed E-state index contributed by atoms with van der Waals surface area (Å²) in [6, 6.07) is 0. The third-order valence-corrected chi connectivity index (χ3v) is 5.03. The van der Waals surface area contributed by atoms with Crippen LogP contribution in [0.4, 0.5) is 0 Å². The van der Waals surface area contributed by atoms with E-state index in [-0.39, 0.29) is 17.4 Å². The summed E-state index contributed by atoms with van der Waals surface area (Å²) in [5.41, 5.74) is 5.57. The molecular weight excluding hydrogens is 256 g/mol. The third-order valence-electron chi connectivity index (χ3n) is 2.83. The second-order valence-corrected chi connectivity index (χ2v) is 7.23. The first kappa shape index (κ1) is 16.8. The van der Waals surface area contributed by atoms with Gasteiger partial charge in [-0.05, 0) is 19.5 Å². The quantitative estimate of drug-likeness (QED) is 0.640. The molecule has 0 amide bonds. The van der Waals surface area contributed by atoms with Crippen molar-refractivity contribution in [2.45, 2.75) is 27.2 Å². The molecular formula is C11H24N2O2S2. The fraction of sp³-hybridized carbons (Fsp3) is 0.909. The van der Waals surface area contributed by atoms with Crippen LogP contribution >= 0.6 is 12.2 Å². The molecule has 1 atom stereocenters. The van der Waals surface area contributed by atoms with Crippen molar-refractivity contribution in [3.8, 4) is 0 Å². The minimum atomic E-state index is -2.85. The van der Waals surface area contributed by atoms with Crippen molar-refractivity contribution in [1.82, 2.24) is 4.90 Å². The summed E-state index contributed by atoms with van der Waals surface area (Å²) >= 11 is 4.93. The molecule has 0 aromatic heterocycles. The van der Waals surface area contributed by atoms with E-state index in [0.717, 1.165) is 19.6 Å². The Morgan fingerprint density at radius 3 is 2.41 bits per heavy atom. The first-order valence-corrected chi connectivity index (χ1v) is 8.27. The average molecular weight is 280 g/mol. The van der Waals surface area contributed by atoms with Gasteiger partial charge in [0.25, 0.3) is 0 Å². The Labute approximate surface area is 110 Å². The van der Waals surface area contributed by atoms with Gasteiger partial charge in [0.2, 0.25) is 0 Å². The Kier molecular flexibility index (Phi) is 7.91. The van der Waals surface area contributed by atoms with Crippen LogP contribution in [0, 0.1) is 5.92 Å². The predicted octanol–water partition coefficient (Wildman–Crippen LogP) is 1.06. The number of hydrogen-bond acceptors (Lipinski definition) is 4. The fourth-order valence-electron chi connectivity index (χ4n) is 1.51. The van der Waals surface area contributed by atoms with E-state index in [1.807, 2.05) is 6.92 Å². The van der Waals surface area contributed by atoms with Crippen molar-refractivity contribution in [1.29, 1.82) is 0 Å². The highest BCUT2D eigenvalue weighted by Crippen LogP contribution is 2.03. The Bertz CT molecular complexity index is 328. The Morgan fingerprint density at radius 2 is 2.00 bits per heavy atom. The van der Waals surface area contributed by atoms with Crippen LogP contribution in [-0.2, 0) is 9.84 Å². The second kappa shape index (κ2) is 8.00. The van der Waals surface area contributed by atoms with Gasteiger partial charge >= 0.3 is 0 Å². The zero-order valence-corrected chi connectivity index (χ0v) is 12.6. The molecule has 6 heteroatoms. The van der Waals surface area contributed by atoms with Gasteiger partial charge in [-0.25, -0.2) is 8.42 Å². The zero-order chi connectivity index (χ0) is 13.5. The van der Waals surface area contributed by atoms with Crippen LogP contribution in [0.5, 0.6) is 0 Å². The molecule has 0 saturated carbocycles. The minimum Gasteiger partial charge on any atom is -0.393 e. The van der Waals surface area contributed by atoms with Gasteiger partial charge in [-0.2, -0.15) is 0 Å². The summed E-state index contributed by atoms with van der Waals surface area (Å²) < 4.78 is 22.7. The van der Waals surface area contributed by atoms with Crippen LogP contribution in [0.15, 0.2) is 0 Å². The van der Waals surface area contributed by atoms with Crippen LogP contribution in [0.25, 0.3) is 0 Å². The van der Waals surface area contributed by atoms with Gasteiger partial charge in [-0.3, -0.25) is 0 Å². The molecule has 0 heterocycles. The van der Waals surface area contributed by atoms with Crippen LogP contribution in [0.3, 0.4) is 0 Å². The molecule has 0 radical (unpaired) electrons. The molecule has 0 aromatic carbocycles. The standard InChI is InChI=1S/C11H24N2O2S2/c1-4-13(9-10(3)11(12)16)7-6-8-17(14,15)5-2/h10H,4-9H2,1-3H3,(H2,12,16). The van der Waals surface area contributed by atoms with E-state index < -0.39 is 9.84 Å². The summed E-state index contributed by atoms with van der Waals surface area (Å²) in [6.45, 7) is 8.20. The van der Waals surface area contributed by atoms with Crippen LogP contribution < -0.4 is 5.73 Å². The Hall–Kier alpha value is -0.200. The number of nitrogens with two attached hydrogens (primary N) is 1. The Balaban J connectivity index is 4.03. The van der Waals surface area contributed by atoms with Crippen LogP contribution in [0.1, 0.15) is 27.2 Å². The summed E-state index contributed by atoms with van der Waals surface area (Å²) in [7, 11) is -2.85. The van der Waals surface area contributed by atoms with E-state index in [1.165, 1.54) is 0 Å². The maximum absolute atomic E-state index is 11.3. The summed E-state index contributed by atoms with van der Waals surface area (Å²) in [5, 5.41) is 0. The molecule has 17 heavy (non-hydrogen) atoms. The molecule has 4 nitrogen and oxygen atoms in total. The van der Waals surface area contributed by atoms with Crippen LogP contribution in [-0.4, -0.2) is 49.4 Å². The smallest absolute Gasteiger partial charge is 0.150 e. The zero-order valence-electron chi connectivity index (χ0n) is 11.0. The molecule has 1 unspecified atom stereocenters. The molecule has 2 N–H and O–H groups in total. The van der Waals surface area contributed by atoms with Crippen molar-refractivity contribution in [3.63, 3.8) is 0 Å². The molecule has 0 rings (SSSR count). The minimum absolute atomic E-state index is 0.174. The topological polar surface area (TPSA) is 63.4 Å². The molecule has 0 bridgehead atoms. The number of nitrogens with zero attached hydrogens (tertiary/aromatic N) is 1. The maximum atomic E-state index is 11.3. The largest absolute Gasteiger partial charge is 0.393 e. The average Bonchev–Trinajstić information content (AvgIpc) is 2.27. The van der Waals surface area contributed by atoms with Gasteiger partial charge in [-0.15, -0.1) is 0 Å². The molecule has 102 valence electrons. The summed E-state index contributed by atoms with van der Waals surface area (Å²) in [5.74, 6) is 0.664. The second-order valence-electron chi connectivity index (χ2n) is 4.29. The summed E-state index contributed by atoms with van der Waals surface area (Å²) in [6.07, 6.45) is 0.675. The lowest BCUT2D eigenvalue weighted by Gasteiger charge is -2.23. The highest BCUT2D eigenvalue weighted by atomic mass is 32.2. The van der Waals surface area contributed by atoms with E-state index in [1.54, 1.807) is 6.92 Å². The number of thiocarbonyl (C=S) groups is 1. The number of hydrogen-bond donors (Lipinski definition) is 1. The van der Waals surface area contributed by atoms with Gasteiger partial charge in [0.1, 0.15) is 9.84 Å². The van der Waals surface area contributed by atoms with Crippen molar-refractivity contribution >= 4 is 27.0 Å². The first-order valence-electron chi connectivity index (χ1n) is 6.04. The predicted molar refractivity (Wildman–Crippen MR) is 77.0 cm³/mol. The van der Waals surface area contributed by atoms with Crippen molar-refractivity contribution in [2.24, 2.45) is 11.7 Å². The van der Waals surface area contributed by atoms with Crippen molar-refractivity contribution < 1.29 is 8.42 Å². The highest BCUT2D eigenvalue weighted by Gasteiger charge is 2.12. The molecule has 0 aliphatic carbocycles. The monoisotopic (exact) mass is 280 g/mol. The molecule has 0 saturated heterocycles. The number of sulfone groups is 1. The van der Waals surface area contributed by atoms with E-state index in [2.05, 4.69) is 11.8 Å². The molecule has 0 aliphatic heterocycles. The maximum Gasteiger partial charge on any atom is 0.150 e. The normalized spacial score (nSPS) is 13.9. The van der Waals surface area contributed by atoms with E-state index in [0.29, 0.717) is 11.4 Å². The molecule has 0 fully saturated rings. The highest BCUT2D eigenvalue weighted by molar-refractivity contribution is 7.91. The van der Waals surface area contributed by atoms with Gasteiger partial charge in [-0.1, -0.05) is 33.0 Å². The van der Waals surface area contributed by atoms with E-state index in [4.69, 9.17) is 18.0 Å². The molecule has 0 aliphatic rings. The van der Waals surface area contributed by atoms with Gasteiger partial charge in [0.05, 0.1) is 10.7 Å². The van der Waals surface area contributed by atoms with E-state index >= 15 is 0 Å². The van der Waals surface area contributed by atoms with Gasteiger partial charge < -0.3 is 10.6 Å². The van der Waals surface area contributed by atoms with Gasteiger partial charge in [0.15, 0.2) is 0 Å². The van der Waals surface area contributed by atoms with Crippen LogP contribution in [0.2, 0.25) is 0 Å². The lowest BCUT2D eigenvalue weighted by Crippen LogP contribution is -2.35. The SMILES string of the molecule is CCN(CCCS(=O)(=O)CC)CC(C)C(N)=S. The summed E-state index contributed by atoms with van der Waals surface area (Å²) in [4.78, 5) is 2.71. The number of rotatable bonds is 9. The first-order chi connectivity index (χ1) is 7.82. The molecule has 0 aromatic rings. The Morgan fingerprint density at radius 1 is 1.41 bits per heavy atom. The van der Waals surface area contributed by atoms with Gasteiger partial charge in [0, 0.05) is 18.2 Å². The van der Waals surface area contributed by atoms with Crippen molar-refractivity contribution in [2.75, 3.05) is 31.1 Å². The van der Waals surface area contributed by atoms with E-state index in [9.17, 15) is 8.42 Å². The lowest BCUT2D eigenvalue weighted by atomic mass is 10.1. The third kappa shape index (κ3) is 7.68.